The summed E-state index contributed by atoms with van der Waals surface area (Å²) in [5.41, 5.74) is 0.613. The van der Waals surface area contributed by atoms with E-state index >= 15 is 0 Å². The number of carbonyl (C=O) groups is 1. The quantitative estimate of drug-likeness (QED) is 0.556. The van der Waals surface area contributed by atoms with E-state index in [0.29, 0.717) is 5.41 Å². The highest BCUT2D eigenvalue weighted by molar-refractivity contribution is 5.76. The lowest BCUT2D eigenvalue weighted by Gasteiger charge is -2.20. The monoisotopic (exact) mass is 177 g/mol. The van der Waals surface area contributed by atoms with Crippen molar-refractivity contribution < 1.29 is 4.79 Å². The third-order valence-corrected chi connectivity index (χ3v) is 3.30. The van der Waals surface area contributed by atoms with E-state index in [1.54, 1.807) is 11.8 Å². The molecule has 1 amide bonds. The van der Waals surface area contributed by atoms with Crippen LogP contribution in [0.4, 0.5) is 0 Å². The topological polar surface area (TPSA) is 20.3 Å². The van der Waals surface area contributed by atoms with Crippen LogP contribution in [0.1, 0.15) is 27.2 Å². The van der Waals surface area contributed by atoms with Gasteiger partial charge in [0.2, 0.25) is 5.91 Å². The summed E-state index contributed by atoms with van der Waals surface area (Å²) >= 11 is 0. The minimum Gasteiger partial charge on any atom is -0.296 e. The smallest absolute Gasteiger partial charge is 0.227 e. The van der Waals surface area contributed by atoms with Gasteiger partial charge in [0.05, 0.1) is 0 Å². The standard InChI is InChI=1S/C11H15NO/c1-9(13)12-6-4-11(5-7-12)8-10(11,2)3/h4-7H,8H2,1-3H3. The van der Waals surface area contributed by atoms with Gasteiger partial charge in [0, 0.05) is 24.7 Å². The molecule has 0 saturated heterocycles. The summed E-state index contributed by atoms with van der Waals surface area (Å²) in [7, 11) is 0. The first-order valence-electron chi connectivity index (χ1n) is 4.65. The maximum atomic E-state index is 11.0. The van der Waals surface area contributed by atoms with Crippen molar-refractivity contribution in [1.82, 2.24) is 4.90 Å². The van der Waals surface area contributed by atoms with Crippen molar-refractivity contribution in [3.05, 3.63) is 24.6 Å². The molecule has 0 radical (unpaired) electrons. The van der Waals surface area contributed by atoms with Crippen molar-refractivity contribution in [2.24, 2.45) is 10.8 Å². The number of hydrogen-bond acceptors (Lipinski definition) is 1. The van der Waals surface area contributed by atoms with Crippen molar-refractivity contribution in [1.29, 1.82) is 0 Å². The molecule has 1 saturated carbocycles. The van der Waals surface area contributed by atoms with E-state index in [1.807, 2.05) is 12.4 Å². The first kappa shape index (κ1) is 8.54. The van der Waals surface area contributed by atoms with E-state index in [2.05, 4.69) is 26.0 Å². The van der Waals surface area contributed by atoms with E-state index in [0.717, 1.165) is 0 Å². The fraction of sp³-hybridized carbons (Fsp3) is 0.545. The Bertz CT molecular complexity index is 298. The Morgan fingerprint density at radius 2 is 1.77 bits per heavy atom. The molecule has 0 aromatic carbocycles. The molecule has 0 bridgehead atoms. The normalized spacial score (nSPS) is 26.5. The molecule has 13 heavy (non-hydrogen) atoms. The Balaban J connectivity index is 2.16. The minimum absolute atomic E-state index is 0.0702. The molecule has 2 rings (SSSR count). The molecule has 70 valence electrons. The van der Waals surface area contributed by atoms with Gasteiger partial charge in [-0.3, -0.25) is 9.69 Å². The summed E-state index contributed by atoms with van der Waals surface area (Å²) in [6.45, 7) is 6.08. The second-order valence-electron chi connectivity index (χ2n) is 4.66. The van der Waals surface area contributed by atoms with Gasteiger partial charge in [0.15, 0.2) is 0 Å². The Labute approximate surface area is 78.9 Å². The second-order valence-corrected chi connectivity index (χ2v) is 4.66. The van der Waals surface area contributed by atoms with Crippen molar-refractivity contribution in [3.63, 3.8) is 0 Å². The van der Waals surface area contributed by atoms with Crippen LogP contribution in [0.5, 0.6) is 0 Å². The molecule has 1 fully saturated rings. The number of allylic oxidation sites excluding steroid dienone is 2. The lowest BCUT2D eigenvalue weighted by atomic mass is 9.94. The van der Waals surface area contributed by atoms with Crippen LogP contribution in [-0.2, 0) is 4.79 Å². The summed E-state index contributed by atoms with van der Waals surface area (Å²) in [4.78, 5) is 12.6. The predicted molar refractivity (Wildman–Crippen MR) is 51.6 cm³/mol. The van der Waals surface area contributed by atoms with Crippen LogP contribution in [0, 0.1) is 10.8 Å². The van der Waals surface area contributed by atoms with Crippen molar-refractivity contribution >= 4 is 5.91 Å². The van der Waals surface area contributed by atoms with E-state index in [9.17, 15) is 4.79 Å². The van der Waals surface area contributed by atoms with E-state index < -0.39 is 0 Å². The van der Waals surface area contributed by atoms with Crippen molar-refractivity contribution in [2.45, 2.75) is 27.2 Å². The molecule has 1 spiro atoms. The average molecular weight is 177 g/mol. The van der Waals surface area contributed by atoms with Gasteiger partial charge in [0.1, 0.15) is 0 Å². The number of nitrogens with zero attached hydrogens (tertiary/aromatic N) is 1. The Kier molecular flexibility index (Phi) is 1.48. The van der Waals surface area contributed by atoms with Crippen LogP contribution in [0.15, 0.2) is 24.6 Å². The molecule has 1 aliphatic heterocycles. The number of rotatable bonds is 0. The second kappa shape index (κ2) is 2.25. The molecule has 0 atom stereocenters. The number of carbonyl (C=O) groups excluding carboxylic acids is 1. The van der Waals surface area contributed by atoms with Gasteiger partial charge in [0.25, 0.3) is 0 Å². The van der Waals surface area contributed by atoms with Gasteiger partial charge in [-0.15, -0.1) is 0 Å². The first-order valence-corrected chi connectivity index (χ1v) is 4.65. The number of amides is 1. The highest BCUT2D eigenvalue weighted by Gasteiger charge is 2.58. The van der Waals surface area contributed by atoms with E-state index in [4.69, 9.17) is 0 Å². The predicted octanol–water partition coefficient (Wildman–Crippen LogP) is 2.29. The molecule has 0 unspecified atom stereocenters. The maximum Gasteiger partial charge on any atom is 0.227 e. The zero-order valence-corrected chi connectivity index (χ0v) is 8.37. The summed E-state index contributed by atoms with van der Waals surface area (Å²) < 4.78 is 0. The molecular formula is C11H15NO. The van der Waals surface area contributed by atoms with Gasteiger partial charge < -0.3 is 0 Å². The Hall–Kier alpha value is -1.05. The van der Waals surface area contributed by atoms with Crippen LogP contribution in [-0.4, -0.2) is 10.8 Å². The van der Waals surface area contributed by atoms with E-state index in [-0.39, 0.29) is 11.3 Å². The van der Waals surface area contributed by atoms with Crippen LogP contribution < -0.4 is 0 Å². The lowest BCUT2D eigenvalue weighted by Crippen LogP contribution is -2.20. The van der Waals surface area contributed by atoms with Crippen LogP contribution >= 0.6 is 0 Å². The fourth-order valence-corrected chi connectivity index (χ4v) is 2.00. The third-order valence-electron chi connectivity index (χ3n) is 3.30. The van der Waals surface area contributed by atoms with Gasteiger partial charge in [-0.1, -0.05) is 26.0 Å². The molecule has 1 aliphatic carbocycles. The molecule has 0 aromatic heterocycles. The zero-order chi connectivity index (χ0) is 9.69. The van der Waals surface area contributed by atoms with Crippen LogP contribution in [0.25, 0.3) is 0 Å². The average Bonchev–Trinajstić information content (AvgIpc) is 2.53. The van der Waals surface area contributed by atoms with E-state index in [1.165, 1.54) is 6.42 Å². The zero-order valence-electron chi connectivity index (χ0n) is 8.37. The summed E-state index contributed by atoms with van der Waals surface area (Å²) in [5, 5.41) is 0. The van der Waals surface area contributed by atoms with Crippen molar-refractivity contribution in [2.75, 3.05) is 0 Å². The van der Waals surface area contributed by atoms with Crippen LogP contribution in [0.3, 0.4) is 0 Å². The third kappa shape index (κ3) is 1.12. The van der Waals surface area contributed by atoms with Gasteiger partial charge in [-0.25, -0.2) is 0 Å². The summed E-state index contributed by atoms with van der Waals surface area (Å²) in [5.74, 6) is 0.0702. The number of hydrogen-bond donors (Lipinski definition) is 0. The van der Waals surface area contributed by atoms with Gasteiger partial charge in [-0.05, 0) is 11.8 Å². The Morgan fingerprint density at radius 1 is 1.31 bits per heavy atom. The van der Waals surface area contributed by atoms with Crippen molar-refractivity contribution in [3.8, 4) is 0 Å². The Morgan fingerprint density at radius 3 is 2.08 bits per heavy atom. The molecule has 1 heterocycles. The summed E-state index contributed by atoms with van der Waals surface area (Å²) in [6.07, 6.45) is 9.26. The minimum atomic E-state index is 0.0702. The molecule has 2 heteroatoms. The highest BCUT2D eigenvalue weighted by Crippen LogP contribution is 2.66. The SMILES string of the molecule is CC(=O)N1C=CC2(C=C1)CC2(C)C. The molecular weight excluding hydrogens is 162 g/mol. The van der Waals surface area contributed by atoms with Gasteiger partial charge in [-0.2, -0.15) is 0 Å². The lowest BCUT2D eigenvalue weighted by molar-refractivity contribution is -0.124. The summed E-state index contributed by atoms with van der Waals surface area (Å²) in [6, 6.07) is 0. The molecule has 2 aliphatic rings. The fourth-order valence-electron chi connectivity index (χ4n) is 2.00. The molecule has 0 N–H and O–H groups in total. The first-order chi connectivity index (χ1) is 5.97. The van der Waals surface area contributed by atoms with Crippen LogP contribution in [0.2, 0.25) is 0 Å². The van der Waals surface area contributed by atoms with Gasteiger partial charge >= 0.3 is 0 Å². The highest BCUT2D eigenvalue weighted by atomic mass is 16.2. The largest absolute Gasteiger partial charge is 0.296 e. The molecule has 2 nitrogen and oxygen atoms in total. The molecule has 0 aromatic rings. The maximum absolute atomic E-state index is 11.0.